The Bertz CT molecular complexity index is 468. The van der Waals surface area contributed by atoms with Gasteiger partial charge in [0.05, 0.1) is 5.52 Å². The summed E-state index contributed by atoms with van der Waals surface area (Å²) in [5, 5.41) is 10.3. The van der Waals surface area contributed by atoms with Crippen molar-refractivity contribution in [3.8, 4) is 0 Å². The highest BCUT2D eigenvalue weighted by molar-refractivity contribution is 5.79. The molecule has 0 saturated heterocycles. The second kappa shape index (κ2) is 3.55. The largest absolute Gasteiger partial charge is 0.381 e. The molecule has 1 atom stereocenters. The van der Waals surface area contributed by atoms with Crippen LogP contribution in [0.4, 0.5) is 0 Å². The molecular weight excluding hydrogens is 178 g/mol. The lowest BCUT2D eigenvalue weighted by molar-refractivity contribution is -0.115. The number of hydrogen-bond donors (Lipinski definition) is 1. The van der Waals surface area contributed by atoms with E-state index in [2.05, 4.69) is 4.98 Å². The lowest BCUT2D eigenvalue weighted by atomic mass is 10.1. The van der Waals surface area contributed by atoms with Crippen molar-refractivity contribution in [1.29, 1.82) is 0 Å². The highest BCUT2D eigenvalue weighted by Crippen LogP contribution is 2.17. The number of nitrogens with zero attached hydrogens (tertiary/aromatic N) is 1. The van der Waals surface area contributed by atoms with E-state index in [-0.39, 0.29) is 0 Å². The molecule has 3 heteroatoms. The molecule has 0 saturated carbocycles. The van der Waals surface area contributed by atoms with Crippen LogP contribution in [0.2, 0.25) is 0 Å². The monoisotopic (exact) mass is 187 g/mol. The van der Waals surface area contributed by atoms with E-state index >= 15 is 0 Å². The summed E-state index contributed by atoms with van der Waals surface area (Å²) < 4.78 is 0. The van der Waals surface area contributed by atoms with E-state index in [9.17, 15) is 9.90 Å². The Morgan fingerprint density at radius 1 is 1.36 bits per heavy atom. The van der Waals surface area contributed by atoms with Gasteiger partial charge in [-0.3, -0.25) is 4.98 Å². The van der Waals surface area contributed by atoms with Gasteiger partial charge in [0.25, 0.3) is 0 Å². The average molecular weight is 187 g/mol. The molecule has 14 heavy (non-hydrogen) atoms. The Morgan fingerprint density at radius 3 is 3.00 bits per heavy atom. The Kier molecular flexibility index (Phi) is 2.24. The molecule has 0 amide bonds. The van der Waals surface area contributed by atoms with Gasteiger partial charge in [0.1, 0.15) is 6.10 Å². The maximum absolute atomic E-state index is 10.4. The van der Waals surface area contributed by atoms with Gasteiger partial charge >= 0.3 is 0 Å². The number of aliphatic hydroxyl groups is 1. The number of hydrogen-bond acceptors (Lipinski definition) is 3. The lowest BCUT2D eigenvalue weighted by Gasteiger charge is -2.03. The van der Waals surface area contributed by atoms with Crippen LogP contribution in [0.25, 0.3) is 10.9 Å². The van der Waals surface area contributed by atoms with Gasteiger partial charge in [-0.15, -0.1) is 0 Å². The van der Waals surface area contributed by atoms with Gasteiger partial charge in [-0.25, -0.2) is 0 Å². The number of aromatic nitrogens is 1. The Labute approximate surface area is 81.0 Å². The number of fused-ring (bicyclic) bond motifs is 1. The molecule has 1 unspecified atom stereocenters. The Balaban J connectivity index is 2.56. The first-order valence-corrected chi connectivity index (χ1v) is 4.29. The van der Waals surface area contributed by atoms with E-state index < -0.39 is 6.10 Å². The summed E-state index contributed by atoms with van der Waals surface area (Å²) in [6, 6.07) is 9.05. The third-order valence-electron chi connectivity index (χ3n) is 2.10. The van der Waals surface area contributed by atoms with Crippen molar-refractivity contribution in [3.05, 3.63) is 42.1 Å². The van der Waals surface area contributed by atoms with E-state index in [1.807, 2.05) is 18.2 Å². The molecule has 0 aliphatic rings. The predicted octanol–water partition coefficient (Wildman–Crippen LogP) is 1.47. The van der Waals surface area contributed by atoms with Crippen LogP contribution in [-0.2, 0) is 4.79 Å². The van der Waals surface area contributed by atoms with Crippen LogP contribution in [0.15, 0.2) is 36.5 Å². The fourth-order valence-corrected chi connectivity index (χ4v) is 1.35. The van der Waals surface area contributed by atoms with Crippen molar-refractivity contribution >= 4 is 17.2 Å². The number of aliphatic hydroxyl groups excluding tert-OH is 1. The molecule has 0 spiro atoms. The molecule has 1 aromatic heterocycles. The molecule has 0 radical (unpaired) electrons. The van der Waals surface area contributed by atoms with Gasteiger partial charge in [0.15, 0.2) is 6.29 Å². The third-order valence-corrected chi connectivity index (χ3v) is 2.10. The van der Waals surface area contributed by atoms with Crippen LogP contribution in [0.1, 0.15) is 11.7 Å². The van der Waals surface area contributed by atoms with E-state index in [1.54, 1.807) is 18.3 Å². The van der Waals surface area contributed by atoms with Gasteiger partial charge in [-0.05, 0) is 17.7 Å². The van der Waals surface area contributed by atoms with Crippen molar-refractivity contribution in [2.24, 2.45) is 0 Å². The van der Waals surface area contributed by atoms with Crippen LogP contribution >= 0.6 is 0 Å². The number of carbonyl (C=O) groups excluding carboxylic acids is 1. The molecule has 3 nitrogen and oxygen atoms in total. The molecular formula is C11H9NO2. The summed E-state index contributed by atoms with van der Waals surface area (Å²) >= 11 is 0. The molecule has 0 aliphatic carbocycles. The van der Waals surface area contributed by atoms with Crippen LogP contribution < -0.4 is 0 Å². The maximum atomic E-state index is 10.4. The van der Waals surface area contributed by atoms with E-state index in [0.717, 1.165) is 10.9 Å². The van der Waals surface area contributed by atoms with Crippen LogP contribution in [0.3, 0.4) is 0 Å². The topological polar surface area (TPSA) is 50.2 Å². The molecule has 70 valence electrons. The van der Waals surface area contributed by atoms with E-state index in [0.29, 0.717) is 11.8 Å². The van der Waals surface area contributed by atoms with E-state index in [4.69, 9.17) is 0 Å². The second-order valence-electron chi connectivity index (χ2n) is 3.04. The molecule has 1 aromatic carbocycles. The minimum absolute atomic E-state index is 0.504. The summed E-state index contributed by atoms with van der Waals surface area (Å²) in [6.07, 6.45) is 1.13. The summed E-state index contributed by atoms with van der Waals surface area (Å²) in [5.74, 6) is 0. The first-order chi connectivity index (χ1) is 6.81. The van der Waals surface area contributed by atoms with E-state index in [1.165, 1.54) is 0 Å². The number of carbonyl (C=O) groups is 1. The van der Waals surface area contributed by atoms with Gasteiger partial charge < -0.3 is 9.90 Å². The SMILES string of the molecule is O=CC(O)c1ccc2cccnc2c1. The highest BCUT2D eigenvalue weighted by Gasteiger charge is 2.05. The van der Waals surface area contributed by atoms with Gasteiger partial charge in [-0.1, -0.05) is 18.2 Å². The average Bonchev–Trinajstić information content (AvgIpc) is 2.27. The smallest absolute Gasteiger partial charge is 0.153 e. The lowest BCUT2D eigenvalue weighted by Crippen LogP contribution is -1.97. The first-order valence-electron chi connectivity index (χ1n) is 4.29. The molecule has 1 heterocycles. The fraction of sp³-hybridized carbons (Fsp3) is 0.0909. The van der Waals surface area contributed by atoms with Gasteiger partial charge in [0, 0.05) is 11.6 Å². The number of pyridine rings is 1. The van der Waals surface area contributed by atoms with Gasteiger partial charge in [-0.2, -0.15) is 0 Å². The third kappa shape index (κ3) is 1.49. The van der Waals surface area contributed by atoms with Crippen molar-refractivity contribution in [3.63, 3.8) is 0 Å². The molecule has 2 rings (SSSR count). The van der Waals surface area contributed by atoms with Crippen LogP contribution in [0.5, 0.6) is 0 Å². The van der Waals surface area contributed by atoms with Crippen LogP contribution in [0, 0.1) is 0 Å². The summed E-state index contributed by atoms with van der Waals surface area (Å²) in [7, 11) is 0. The minimum atomic E-state index is -1.05. The minimum Gasteiger partial charge on any atom is -0.381 e. The molecule has 1 N–H and O–H groups in total. The fourth-order valence-electron chi connectivity index (χ4n) is 1.35. The summed E-state index contributed by atoms with van der Waals surface area (Å²) in [4.78, 5) is 14.5. The molecule has 2 aromatic rings. The van der Waals surface area contributed by atoms with Gasteiger partial charge in [0.2, 0.25) is 0 Å². The second-order valence-corrected chi connectivity index (χ2v) is 3.04. The number of aldehydes is 1. The first kappa shape index (κ1) is 8.84. The molecule has 0 fully saturated rings. The van der Waals surface area contributed by atoms with Crippen molar-refractivity contribution in [1.82, 2.24) is 4.98 Å². The summed E-state index contributed by atoms with van der Waals surface area (Å²) in [5.41, 5.74) is 1.36. The predicted molar refractivity (Wildman–Crippen MR) is 52.8 cm³/mol. The maximum Gasteiger partial charge on any atom is 0.153 e. The number of rotatable bonds is 2. The highest BCUT2D eigenvalue weighted by atomic mass is 16.3. The van der Waals surface area contributed by atoms with Crippen molar-refractivity contribution in [2.45, 2.75) is 6.10 Å². The zero-order valence-electron chi connectivity index (χ0n) is 7.42. The molecule has 0 bridgehead atoms. The Morgan fingerprint density at radius 2 is 2.21 bits per heavy atom. The van der Waals surface area contributed by atoms with Crippen LogP contribution in [-0.4, -0.2) is 16.4 Å². The normalized spacial score (nSPS) is 12.6. The summed E-state index contributed by atoms with van der Waals surface area (Å²) in [6.45, 7) is 0. The zero-order valence-corrected chi connectivity index (χ0v) is 7.42. The van der Waals surface area contributed by atoms with Crippen molar-refractivity contribution in [2.75, 3.05) is 0 Å². The Hall–Kier alpha value is -1.74. The molecule has 0 aliphatic heterocycles. The standard InChI is InChI=1S/C11H9NO2/c13-7-11(14)9-4-3-8-2-1-5-12-10(8)6-9/h1-7,11,14H. The quantitative estimate of drug-likeness (QED) is 0.724. The zero-order chi connectivity index (χ0) is 9.97. The van der Waals surface area contributed by atoms with Crippen molar-refractivity contribution < 1.29 is 9.90 Å². The number of benzene rings is 1.